The maximum Gasteiger partial charge on any atom is 0.419 e. The number of carbonyl (C=O) groups is 4. The standard InChI is InChI=1S/C28H22F4N2O5/c1-27(2)25(37)34(19-12-13-22(29)21(14-19)28(30,31)32)26(38)33(27)15-18-6-4-5-7-20(18)23(35)16-8-10-17(11-9-16)24(36)39-3/h4-14H,15H2,1-3H3. The lowest BCUT2D eigenvalue weighted by Gasteiger charge is -2.28. The zero-order chi connectivity index (χ0) is 28.7. The molecule has 0 saturated carbocycles. The molecule has 1 saturated heterocycles. The number of halogens is 4. The van der Waals surface area contributed by atoms with E-state index in [-0.39, 0.29) is 23.2 Å². The molecule has 1 heterocycles. The van der Waals surface area contributed by atoms with Gasteiger partial charge in [-0.1, -0.05) is 36.4 Å². The molecule has 0 N–H and O–H groups in total. The Labute approximate surface area is 220 Å². The van der Waals surface area contributed by atoms with Crippen LogP contribution in [0, 0.1) is 5.82 Å². The number of methoxy groups -OCH3 is 1. The van der Waals surface area contributed by atoms with Crippen molar-refractivity contribution in [1.82, 2.24) is 4.90 Å². The number of carbonyl (C=O) groups excluding carboxylic acids is 4. The molecule has 39 heavy (non-hydrogen) atoms. The van der Waals surface area contributed by atoms with Crippen molar-refractivity contribution in [2.45, 2.75) is 32.1 Å². The Bertz CT molecular complexity index is 1480. The Kier molecular flexibility index (Phi) is 7.03. The Morgan fingerprint density at radius 1 is 0.923 bits per heavy atom. The molecule has 3 aromatic carbocycles. The lowest BCUT2D eigenvalue weighted by molar-refractivity contribution is -0.140. The highest BCUT2D eigenvalue weighted by Crippen LogP contribution is 2.38. The first-order valence-electron chi connectivity index (χ1n) is 11.6. The average molecular weight is 542 g/mol. The highest BCUT2D eigenvalue weighted by molar-refractivity contribution is 6.23. The summed E-state index contributed by atoms with van der Waals surface area (Å²) in [5.74, 6) is -3.33. The second kappa shape index (κ2) is 9.97. The van der Waals surface area contributed by atoms with Crippen molar-refractivity contribution >= 4 is 29.4 Å². The molecule has 1 fully saturated rings. The van der Waals surface area contributed by atoms with E-state index in [0.29, 0.717) is 22.6 Å². The van der Waals surface area contributed by atoms with Crippen molar-refractivity contribution in [2.24, 2.45) is 0 Å². The molecule has 0 unspecified atom stereocenters. The number of imide groups is 1. The van der Waals surface area contributed by atoms with Crippen LogP contribution in [0.2, 0.25) is 0 Å². The van der Waals surface area contributed by atoms with Crippen molar-refractivity contribution in [3.63, 3.8) is 0 Å². The Balaban J connectivity index is 1.67. The fourth-order valence-corrected chi connectivity index (χ4v) is 4.28. The third-order valence-corrected chi connectivity index (χ3v) is 6.50. The number of ketones is 1. The number of anilines is 1. The number of nitrogens with zero attached hydrogens (tertiary/aromatic N) is 2. The van der Waals surface area contributed by atoms with E-state index in [1.165, 1.54) is 51.3 Å². The zero-order valence-electron chi connectivity index (χ0n) is 21.0. The monoisotopic (exact) mass is 542 g/mol. The van der Waals surface area contributed by atoms with Gasteiger partial charge in [-0.3, -0.25) is 9.59 Å². The first-order valence-corrected chi connectivity index (χ1v) is 11.6. The zero-order valence-corrected chi connectivity index (χ0v) is 21.0. The summed E-state index contributed by atoms with van der Waals surface area (Å²) < 4.78 is 58.3. The molecule has 0 radical (unpaired) electrons. The normalized spacial score (nSPS) is 15.1. The van der Waals surface area contributed by atoms with E-state index in [1.54, 1.807) is 18.2 Å². The number of ether oxygens (including phenoxy) is 1. The Morgan fingerprint density at radius 3 is 2.15 bits per heavy atom. The largest absolute Gasteiger partial charge is 0.465 e. The number of rotatable bonds is 6. The topological polar surface area (TPSA) is 84.0 Å². The summed E-state index contributed by atoms with van der Waals surface area (Å²) in [6.45, 7) is 2.64. The second-order valence-electron chi connectivity index (χ2n) is 9.29. The number of benzene rings is 3. The van der Waals surface area contributed by atoms with Gasteiger partial charge in [0.2, 0.25) is 0 Å². The number of hydrogen-bond acceptors (Lipinski definition) is 5. The van der Waals surface area contributed by atoms with E-state index < -0.39 is 52.5 Å². The fraction of sp³-hybridized carbons (Fsp3) is 0.214. The van der Waals surface area contributed by atoms with Gasteiger partial charge < -0.3 is 9.64 Å². The molecule has 1 aliphatic rings. The molecule has 11 heteroatoms. The minimum atomic E-state index is -5.03. The maximum absolute atomic E-state index is 13.8. The van der Waals surface area contributed by atoms with Gasteiger partial charge in [-0.2, -0.15) is 13.2 Å². The number of amides is 3. The summed E-state index contributed by atoms with van der Waals surface area (Å²) in [7, 11) is 1.23. The van der Waals surface area contributed by atoms with Crippen LogP contribution >= 0.6 is 0 Å². The van der Waals surface area contributed by atoms with Crippen molar-refractivity contribution in [2.75, 3.05) is 12.0 Å². The molecular weight excluding hydrogens is 520 g/mol. The summed E-state index contributed by atoms with van der Waals surface area (Å²) >= 11 is 0. The molecule has 1 aliphatic heterocycles. The van der Waals surface area contributed by atoms with Crippen LogP contribution in [0.3, 0.4) is 0 Å². The van der Waals surface area contributed by atoms with E-state index in [1.807, 2.05) is 0 Å². The smallest absolute Gasteiger partial charge is 0.419 e. The van der Waals surface area contributed by atoms with E-state index >= 15 is 0 Å². The summed E-state index contributed by atoms with van der Waals surface area (Å²) in [5, 5.41) is 0. The molecule has 0 spiro atoms. The van der Waals surface area contributed by atoms with Crippen LogP contribution in [0.15, 0.2) is 66.7 Å². The van der Waals surface area contributed by atoms with Crippen LogP contribution in [-0.4, -0.2) is 41.2 Å². The van der Waals surface area contributed by atoms with Gasteiger partial charge in [0.15, 0.2) is 5.78 Å². The summed E-state index contributed by atoms with van der Waals surface area (Å²) in [5.41, 5.74) is -2.42. The average Bonchev–Trinajstić information content (AvgIpc) is 3.07. The van der Waals surface area contributed by atoms with Gasteiger partial charge in [-0.25, -0.2) is 18.9 Å². The predicted molar refractivity (Wildman–Crippen MR) is 132 cm³/mol. The van der Waals surface area contributed by atoms with Gasteiger partial charge in [-0.05, 0) is 49.7 Å². The number of esters is 1. The third kappa shape index (κ3) is 4.99. The first kappa shape index (κ1) is 27.5. The van der Waals surface area contributed by atoms with Crippen molar-refractivity contribution in [1.29, 1.82) is 0 Å². The van der Waals surface area contributed by atoms with Crippen LogP contribution in [0.1, 0.15) is 51.3 Å². The molecule has 0 bridgehead atoms. The van der Waals surface area contributed by atoms with Crippen LogP contribution in [0.4, 0.5) is 28.0 Å². The van der Waals surface area contributed by atoms with Crippen molar-refractivity contribution in [3.8, 4) is 0 Å². The van der Waals surface area contributed by atoms with Crippen LogP contribution in [0.25, 0.3) is 0 Å². The van der Waals surface area contributed by atoms with E-state index in [4.69, 9.17) is 0 Å². The minimum absolute atomic E-state index is 0.219. The maximum atomic E-state index is 13.8. The van der Waals surface area contributed by atoms with Gasteiger partial charge in [0.1, 0.15) is 11.4 Å². The fourth-order valence-electron chi connectivity index (χ4n) is 4.28. The summed E-state index contributed by atoms with van der Waals surface area (Å²) in [6.07, 6.45) is -5.03. The lowest BCUT2D eigenvalue weighted by Crippen LogP contribution is -2.43. The number of hydrogen-bond donors (Lipinski definition) is 0. The van der Waals surface area contributed by atoms with Gasteiger partial charge in [0.25, 0.3) is 5.91 Å². The van der Waals surface area contributed by atoms with Gasteiger partial charge >= 0.3 is 18.2 Å². The molecule has 3 amide bonds. The predicted octanol–water partition coefficient (Wildman–Crippen LogP) is 5.61. The highest BCUT2D eigenvalue weighted by atomic mass is 19.4. The number of alkyl halides is 3. The van der Waals surface area contributed by atoms with Crippen molar-refractivity contribution in [3.05, 3.63) is 100 Å². The van der Waals surface area contributed by atoms with Gasteiger partial charge in [-0.15, -0.1) is 0 Å². The highest BCUT2D eigenvalue weighted by Gasteiger charge is 2.52. The minimum Gasteiger partial charge on any atom is -0.465 e. The van der Waals surface area contributed by atoms with E-state index in [0.717, 1.165) is 11.0 Å². The van der Waals surface area contributed by atoms with E-state index in [2.05, 4.69) is 4.74 Å². The molecule has 4 rings (SSSR count). The van der Waals surface area contributed by atoms with Crippen molar-refractivity contribution < 1.29 is 41.5 Å². The molecule has 3 aromatic rings. The molecule has 0 aromatic heterocycles. The first-order chi connectivity index (χ1) is 18.3. The van der Waals surface area contributed by atoms with Gasteiger partial charge in [0.05, 0.1) is 23.9 Å². The van der Waals surface area contributed by atoms with Crippen LogP contribution < -0.4 is 4.90 Å². The Morgan fingerprint density at radius 2 is 1.54 bits per heavy atom. The molecule has 0 atom stereocenters. The molecular formula is C28H22F4N2O5. The lowest BCUT2D eigenvalue weighted by atomic mass is 9.96. The molecule has 7 nitrogen and oxygen atoms in total. The SMILES string of the molecule is COC(=O)c1ccc(C(=O)c2ccccc2CN2C(=O)N(c3ccc(F)c(C(F)(F)F)c3)C(=O)C2(C)C)cc1. The summed E-state index contributed by atoms with van der Waals surface area (Å²) in [4.78, 5) is 53.3. The van der Waals surface area contributed by atoms with E-state index in [9.17, 15) is 36.7 Å². The van der Waals surface area contributed by atoms with Crippen LogP contribution in [-0.2, 0) is 22.3 Å². The third-order valence-electron chi connectivity index (χ3n) is 6.50. The number of urea groups is 1. The second-order valence-corrected chi connectivity index (χ2v) is 9.29. The van der Waals surface area contributed by atoms with Crippen LogP contribution in [0.5, 0.6) is 0 Å². The molecule has 202 valence electrons. The quantitative estimate of drug-likeness (QED) is 0.175. The Hall–Kier alpha value is -4.54. The molecule has 0 aliphatic carbocycles. The summed E-state index contributed by atoms with van der Waals surface area (Å²) in [6, 6.07) is 13.1. The van der Waals surface area contributed by atoms with Gasteiger partial charge in [0, 0.05) is 17.7 Å².